The summed E-state index contributed by atoms with van der Waals surface area (Å²) in [6, 6.07) is 5.78. The Labute approximate surface area is 167 Å². The minimum Gasteiger partial charge on any atom is -0.490 e. The Bertz CT molecular complexity index is 692. The van der Waals surface area contributed by atoms with Gasteiger partial charge in [0.1, 0.15) is 0 Å². The molecule has 0 saturated carbocycles. The Morgan fingerprint density at radius 3 is 2.86 bits per heavy atom. The third-order valence-electron chi connectivity index (χ3n) is 4.96. The van der Waals surface area contributed by atoms with Crippen molar-refractivity contribution in [3.05, 3.63) is 18.2 Å². The number of anilines is 1. The van der Waals surface area contributed by atoms with Crippen molar-refractivity contribution in [2.24, 2.45) is 10.9 Å². The molecule has 2 heterocycles. The first-order chi connectivity index (χ1) is 13.7. The molecule has 0 aromatic heterocycles. The van der Waals surface area contributed by atoms with E-state index in [-0.39, 0.29) is 5.91 Å². The number of hydrogen-bond donors (Lipinski definition) is 2. The maximum atomic E-state index is 12.4. The number of amides is 1. The summed E-state index contributed by atoms with van der Waals surface area (Å²) in [5.41, 5.74) is 0.875. The molecule has 7 nitrogen and oxygen atoms in total. The van der Waals surface area contributed by atoms with Gasteiger partial charge in [0.25, 0.3) is 0 Å². The number of rotatable bonds is 5. The summed E-state index contributed by atoms with van der Waals surface area (Å²) in [5.74, 6) is 2.97. The minimum atomic E-state index is 0.196. The van der Waals surface area contributed by atoms with E-state index in [0.717, 1.165) is 49.7 Å². The Morgan fingerprint density at radius 2 is 2.07 bits per heavy atom. The van der Waals surface area contributed by atoms with Gasteiger partial charge >= 0.3 is 0 Å². The van der Waals surface area contributed by atoms with E-state index in [9.17, 15) is 4.79 Å². The van der Waals surface area contributed by atoms with Gasteiger partial charge in [0.2, 0.25) is 5.91 Å². The highest BCUT2D eigenvalue weighted by Gasteiger charge is 2.20. The average molecular weight is 389 g/mol. The minimum absolute atomic E-state index is 0.196. The molecule has 154 valence electrons. The average Bonchev–Trinajstić information content (AvgIpc) is 2.93. The van der Waals surface area contributed by atoms with Gasteiger partial charge in [-0.1, -0.05) is 6.92 Å². The maximum absolute atomic E-state index is 12.4. The zero-order chi connectivity index (χ0) is 19.8. The highest BCUT2D eigenvalue weighted by molar-refractivity contribution is 5.94. The monoisotopic (exact) mass is 388 g/mol. The molecule has 1 fully saturated rings. The van der Waals surface area contributed by atoms with E-state index < -0.39 is 0 Å². The second-order valence-electron chi connectivity index (χ2n) is 7.43. The molecule has 1 atom stereocenters. The van der Waals surface area contributed by atoms with Crippen LogP contribution in [0.2, 0.25) is 0 Å². The van der Waals surface area contributed by atoms with Crippen molar-refractivity contribution < 1.29 is 14.3 Å². The predicted molar refractivity (Wildman–Crippen MR) is 111 cm³/mol. The molecule has 2 N–H and O–H groups in total. The van der Waals surface area contributed by atoms with Gasteiger partial charge in [-0.15, -0.1) is 0 Å². The van der Waals surface area contributed by atoms with Crippen LogP contribution >= 0.6 is 0 Å². The summed E-state index contributed by atoms with van der Waals surface area (Å²) in [7, 11) is 0. The van der Waals surface area contributed by atoms with Crippen LogP contribution in [0.4, 0.5) is 5.69 Å². The van der Waals surface area contributed by atoms with Crippen LogP contribution in [0.5, 0.6) is 11.5 Å². The van der Waals surface area contributed by atoms with Gasteiger partial charge in [0, 0.05) is 44.2 Å². The summed E-state index contributed by atoms with van der Waals surface area (Å²) in [6.45, 7) is 8.51. The number of piperidine rings is 1. The van der Waals surface area contributed by atoms with E-state index in [1.165, 1.54) is 6.42 Å². The number of nitrogens with zero attached hydrogens (tertiary/aromatic N) is 2. The number of fused-ring (bicyclic) bond motifs is 1. The normalized spacial score (nSPS) is 19.7. The number of guanidine groups is 1. The molecule has 1 aromatic rings. The zero-order valence-electron chi connectivity index (χ0n) is 17.0. The lowest BCUT2D eigenvalue weighted by Crippen LogP contribution is -2.39. The van der Waals surface area contributed by atoms with E-state index in [1.54, 1.807) is 0 Å². The fourth-order valence-corrected chi connectivity index (χ4v) is 3.52. The summed E-state index contributed by atoms with van der Waals surface area (Å²) in [5, 5.41) is 6.51. The highest BCUT2D eigenvalue weighted by atomic mass is 16.5. The fraction of sp³-hybridized carbons (Fsp3) is 0.619. The molecule has 1 unspecified atom stereocenters. The maximum Gasteiger partial charge on any atom is 0.224 e. The second kappa shape index (κ2) is 10.2. The van der Waals surface area contributed by atoms with Crippen LogP contribution in [0.15, 0.2) is 23.2 Å². The first kappa shape index (κ1) is 20.3. The van der Waals surface area contributed by atoms with Gasteiger partial charge < -0.3 is 25.0 Å². The molecule has 3 rings (SSSR count). The summed E-state index contributed by atoms with van der Waals surface area (Å²) in [4.78, 5) is 19.0. The lowest BCUT2D eigenvalue weighted by Gasteiger charge is -2.30. The van der Waals surface area contributed by atoms with Gasteiger partial charge in [-0.25, -0.2) is 0 Å². The number of carbonyl (C=O) groups is 1. The summed E-state index contributed by atoms with van der Waals surface area (Å²) < 4.78 is 11.4. The largest absolute Gasteiger partial charge is 0.490 e. The molecule has 0 aliphatic carbocycles. The third-order valence-corrected chi connectivity index (χ3v) is 4.96. The van der Waals surface area contributed by atoms with E-state index >= 15 is 0 Å². The molecule has 1 aromatic carbocycles. The molecule has 1 saturated heterocycles. The molecular formula is C21H32N4O3. The number of carbonyl (C=O) groups excluding carboxylic acids is 1. The Kier molecular flexibility index (Phi) is 7.39. The quantitative estimate of drug-likeness (QED) is 0.599. The number of benzene rings is 1. The first-order valence-corrected chi connectivity index (χ1v) is 10.4. The lowest BCUT2D eigenvalue weighted by molar-refractivity contribution is -0.132. The predicted octanol–water partition coefficient (Wildman–Crippen LogP) is 2.87. The Balaban J connectivity index is 1.56. The van der Waals surface area contributed by atoms with Gasteiger partial charge in [-0.05, 0) is 37.8 Å². The molecule has 7 heteroatoms. The SMILES string of the molecule is CCNC(=NCCC(=O)N1CCCC(C)C1)Nc1ccc2c(c1)OCCCO2. The van der Waals surface area contributed by atoms with Gasteiger partial charge in [-0.3, -0.25) is 9.79 Å². The van der Waals surface area contributed by atoms with Gasteiger partial charge in [-0.2, -0.15) is 0 Å². The molecule has 1 amide bonds. The van der Waals surface area contributed by atoms with Crippen LogP contribution in [0, 0.1) is 5.92 Å². The van der Waals surface area contributed by atoms with Crippen LogP contribution in [0.25, 0.3) is 0 Å². The lowest BCUT2D eigenvalue weighted by atomic mass is 10.00. The first-order valence-electron chi connectivity index (χ1n) is 10.4. The second-order valence-corrected chi connectivity index (χ2v) is 7.43. The molecule has 0 radical (unpaired) electrons. The van der Waals surface area contributed by atoms with Crippen LogP contribution in [0.3, 0.4) is 0 Å². The Hall–Kier alpha value is -2.44. The number of hydrogen-bond acceptors (Lipinski definition) is 4. The smallest absolute Gasteiger partial charge is 0.224 e. The van der Waals surface area contributed by atoms with Crippen molar-refractivity contribution in [1.82, 2.24) is 10.2 Å². The van der Waals surface area contributed by atoms with E-state index in [4.69, 9.17) is 9.47 Å². The molecule has 2 aliphatic heterocycles. The fourth-order valence-electron chi connectivity index (χ4n) is 3.52. The van der Waals surface area contributed by atoms with Crippen molar-refractivity contribution in [1.29, 1.82) is 0 Å². The molecule has 28 heavy (non-hydrogen) atoms. The highest BCUT2D eigenvalue weighted by Crippen LogP contribution is 2.32. The molecule has 2 aliphatic rings. The van der Waals surface area contributed by atoms with Crippen molar-refractivity contribution in [2.45, 2.75) is 39.5 Å². The molecular weight excluding hydrogens is 356 g/mol. The number of likely N-dealkylation sites (tertiary alicyclic amines) is 1. The van der Waals surface area contributed by atoms with Crippen LogP contribution < -0.4 is 20.1 Å². The molecule has 0 bridgehead atoms. The van der Waals surface area contributed by atoms with Crippen molar-refractivity contribution in [2.75, 3.05) is 44.7 Å². The number of nitrogens with one attached hydrogen (secondary N) is 2. The number of aliphatic imine (C=N–C) groups is 1. The van der Waals surface area contributed by atoms with Crippen molar-refractivity contribution in [3.8, 4) is 11.5 Å². The van der Waals surface area contributed by atoms with E-state index in [0.29, 0.717) is 38.1 Å². The van der Waals surface area contributed by atoms with Crippen LogP contribution in [-0.2, 0) is 4.79 Å². The van der Waals surface area contributed by atoms with E-state index in [1.807, 2.05) is 30.0 Å². The van der Waals surface area contributed by atoms with Gasteiger partial charge in [0.05, 0.1) is 19.8 Å². The van der Waals surface area contributed by atoms with Crippen LogP contribution in [0.1, 0.15) is 39.5 Å². The van der Waals surface area contributed by atoms with E-state index in [2.05, 4.69) is 22.5 Å². The van der Waals surface area contributed by atoms with Crippen molar-refractivity contribution in [3.63, 3.8) is 0 Å². The van der Waals surface area contributed by atoms with Crippen LogP contribution in [-0.4, -0.2) is 56.2 Å². The Morgan fingerprint density at radius 1 is 1.25 bits per heavy atom. The summed E-state index contributed by atoms with van der Waals surface area (Å²) in [6.07, 6.45) is 3.63. The summed E-state index contributed by atoms with van der Waals surface area (Å²) >= 11 is 0. The van der Waals surface area contributed by atoms with Gasteiger partial charge in [0.15, 0.2) is 17.5 Å². The zero-order valence-corrected chi connectivity index (χ0v) is 17.0. The van der Waals surface area contributed by atoms with Crippen molar-refractivity contribution >= 4 is 17.6 Å². The number of ether oxygens (including phenoxy) is 2. The molecule has 0 spiro atoms. The standard InChI is InChI=1S/C21H32N4O3/c1-3-22-21(23-10-9-20(26)25-11-4-6-16(2)15-25)24-17-7-8-18-19(14-17)28-13-5-12-27-18/h7-8,14,16H,3-6,9-13,15H2,1-2H3,(H2,22,23,24). The topological polar surface area (TPSA) is 75.2 Å². The third kappa shape index (κ3) is 5.78.